The Bertz CT molecular complexity index is 1880. The average Bonchev–Trinajstić information content (AvgIpc) is 3.17. The number of carbonyl (C=O) groups is 4. The van der Waals surface area contributed by atoms with Crippen molar-refractivity contribution in [3.05, 3.63) is 174 Å². The van der Waals surface area contributed by atoms with Crippen molar-refractivity contribution in [2.24, 2.45) is 0 Å². The Hall–Kier alpha value is -5.15. The van der Waals surface area contributed by atoms with E-state index in [2.05, 4.69) is 0 Å². The van der Waals surface area contributed by atoms with E-state index in [-0.39, 0.29) is 32.7 Å². The standard InChI is InChI=1S/C40H32O8SSe/c41-36(27-16-6-1-7-17-27)45-26-32-33(46-37(42)28-18-8-2-9-19-28)34(47-38(43)29-20-10-3-11-21-29)35(48-39(44)30-22-12-4-13-23-30)40(49-32)50-31-24-14-5-15-25-31/h1-25,32-35,40H,26H2/t32-,33-,34+,35-,40+/m1/s1. The molecule has 1 aliphatic rings. The van der Waals surface area contributed by atoms with E-state index in [1.54, 1.807) is 121 Å². The van der Waals surface area contributed by atoms with Gasteiger partial charge in [-0.25, -0.2) is 0 Å². The van der Waals surface area contributed by atoms with Gasteiger partial charge >= 0.3 is 301 Å². The van der Waals surface area contributed by atoms with Gasteiger partial charge < -0.3 is 0 Å². The van der Waals surface area contributed by atoms with Crippen LogP contribution in [-0.2, 0) is 18.9 Å². The molecule has 0 aromatic heterocycles. The Morgan fingerprint density at radius 1 is 0.460 bits per heavy atom. The third-order valence-electron chi connectivity index (χ3n) is 7.73. The quantitative estimate of drug-likeness (QED) is 0.0915. The Morgan fingerprint density at radius 2 is 0.820 bits per heavy atom. The molecule has 8 nitrogen and oxygen atoms in total. The summed E-state index contributed by atoms with van der Waals surface area (Å²) in [5.74, 6) is -2.53. The van der Waals surface area contributed by atoms with Crippen molar-refractivity contribution >= 4 is 55.1 Å². The zero-order valence-electron chi connectivity index (χ0n) is 26.6. The first-order chi connectivity index (χ1) is 24.5. The Balaban J connectivity index is 1.41. The third kappa shape index (κ3) is 8.90. The van der Waals surface area contributed by atoms with Gasteiger partial charge in [0.05, 0.1) is 0 Å². The molecule has 0 N–H and O–H groups in total. The first-order valence-corrected chi connectivity index (χ1v) is 18.6. The molecule has 1 fully saturated rings. The topological polar surface area (TPSA) is 105 Å². The molecular formula is C40H32O8SSe. The summed E-state index contributed by atoms with van der Waals surface area (Å²) in [4.78, 5) is 54.2. The maximum absolute atomic E-state index is 13.7. The number of ether oxygens (including phenoxy) is 4. The number of benzene rings is 5. The average molecular weight is 752 g/mol. The Kier molecular flexibility index (Phi) is 11.8. The van der Waals surface area contributed by atoms with E-state index in [4.69, 9.17) is 18.9 Å². The molecule has 252 valence electrons. The molecule has 6 rings (SSSR count). The van der Waals surface area contributed by atoms with Crippen LogP contribution in [0.5, 0.6) is 0 Å². The number of carbonyl (C=O) groups excluding carboxylic acids is 4. The van der Waals surface area contributed by atoms with E-state index in [0.29, 0.717) is 11.1 Å². The molecule has 0 saturated carbocycles. The molecule has 0 bridgehead atoms. The van der Waals surface area contributed by atoms with Crippen molar-refractivity contribution in [3.8, 4) is 0 Å². The van der Waals surface area contributed by atoms with Crippen LogP contribution in [0, 0.1) is 0 Å². The molecule has 0 unspecified atom stereocenters. The summed E-state index contributed by atoms with van der Waals surface area (Å²) < 4.78 is 25.0. The van der Waals surface area contributed by atoms with Crippen LogP contribution >= 0.6 is 11.8 Å². The van der Waals surface area contributed by atoms with Gasteiger partial charge in [-0.3, -0.25) is 0 Å². The molecule has 1 aliphatic heterocycles. The SMILES string of the molecule is O=C(OC[C@H]1S[C@@H]([Se]c2ccccc2)[C@H](OC(=O)c2ccccc2)[C@@H](OC(=O)c2ccccc2)[C@@H]1OC(=O)c1ccccc1)c1ccccc1. The summed E-state index contributed by atoms with van der Waals surface area (Å²) in [7, 11) is 0. The van der Waals surface area contributed by atoms with Crippen molar-refractivity contribution < 1.29 is 38.1 Å². The zero-order valence-corrected chi connectivity index (χ0v) is 29.1. The predicted octanol–water partition coefficient (Wildman–Crippen LogP) is 5.99. The Labute approximate surface area is 300 Å². The van der Waals surface area contributed by atoms with Crippen LogP contribution in [0.15, 0.2) is 152 Å². The van der Waals surface area contributed by atoms with Crippen LogP contribution in [0.25, 0.3) is 0 Å². The minimum atomic E-state index is -1.26. The first kappa shape index (κ1) is 34.7. The number of hydrogen-bond donors (Lipinski definition) is 0. The van der Waals surface area contributed by atoms with Gasteiger partial charge in [0.2, 0.25) is 0 Å². The monoisotopic (exact) mass is 752 g/mol. The molecule has 50 heavy (non-hydrogen) atoms. The van der Waals surface area contributed by atoms with E-state index >= 15 is 0 Å². The molecule has 0 spiro atoms. The molecule has 0 radical (unpaired) electrons. The van der Waals surface area contributed by atoms with Crippen LogP contribution in [0.2, 0.25) is 0 Å². The predicted molar refractivity (Wildman–Crippen MR) is 191 cm³/mol. The molecular weight excluding hydrogens is 719 g/mol. The molecule has 5 aromatic carbocycles. The number of hydrogen-bond acceptors (Lipinski definition) is 9. The van der Waals surface area contributed by atoms with E-state index in [9.17, 15) is 19.2 Å². The summed E-state index contributed by atoms with van der Waals surface area (Å²) >= 11 is 1.04. The van der Waals surface area contributed by atoms with Gasteiger partial charge in [-0.05, 0) is 0 Å². The molecule has 5 atom stereocenters. The molecule has 0 aliphatic carbocycles. The molecule has 1 heterocycles. The van der Waals surface area contributed by atoms with Gasteiger partial charge in [-0.1, -0.05) is 0 Å². The fourth-order valence-electron chi connectivity index (χ4n) is 5.26. The normalized spacial score (nSPS) is 19.8. The molecule has 5 aromatic rings. The van der Waals surface area contributed by atoms with Crippen LogP contribution < -0.4 is 4.46 Å². The summed E-state index contributed by atoms with van der Waals surface area (Å²) in [5, 5.41) is -0.703. The van der Waals surface area contributed by atoms with E-state index in [1.807, 2.05) is 30.3 Å². The van der Waals surface area contributed by atoms with E-state index in [0.717, 1.165) is 4.46 Å². The number of rotatable bonds is 11. The number of thioether (sulfide) groups is 1. The molecule has 10 heteroatoms. The van der Waals surface area contributed by atoms with Crippen molar-refractivity contribution in [3.63, 3.8) is 0 Å². The second kappa shape index (κ2) is 17.0. The van der Waals surface area contributed by atoms with Gasteiger partial charge in [-0.2, -0.15) is 0 Å². The second-order valence-electron chi connectivity index (χ2n) is 11.1. The van der Waals surface area contributed by atoms with Crippen molar-refractivity contribution in [1.29, 1.82) is 0 Å². The summed E-state index contributed by atoms with van der Waals surface area (Å²) in [6.45, 7) is -0.175. The Morgan fingerprint density at radius 3 is 1.26 bits per heavy atom. The van der Waals surface area contributed by atoms with Crippen molar-refractivity contribution in [2.75, 3.05) is 6.61 Å². The molecule has 0 amide bonds. The van der Waals surface area contributed by atoms with Crippen molar-refractivity contribution in [1.82, 2.24) is 0 Å². The van der Waals surface area contributed by atoms with Gasteiger partial charge in [0.25, 0.3) is 0 Å². The molecule has 1 saturated heterocycles. The van der Waals surface area contributed by atoms with Crippen molar-refractivity contribution in [2.45, 2.75) is 27.7 Å². The summed E-state index contributed by atoms with van der Waals surface area (Å²) in [6, 6.07) is 43.6. The second-order valence-corrected chi connectivity index (χ2v) is 15.8. The summed E-state index contributed by atoms with van der Waals surface area (Å²) in [5.41, 5.74) is 1.22. The van der Waals surface area contributed by atoms with Crippen LogP contribution in [0.3, 0.4) is 0 Å². The van der Waals surface area contributed by atoms with Crippen LogP contribution in [0.1, 0.15) is 41.4 Å². The third-order valence-corrected chi connectivity index (χ3v) is 12.4. The van der Waals surface area contributed by atoms with E-state index < -0.39 is 51.6 Å². The minimum absolute atomic E-state index is 0.175. The van der Waals surface area contributed by atoms with Gasteiger partial charge in [0, 0.05) is 0 Å². The van der Waals surface area contributed by atoms with E-state index in [1.165, 1.54) is 11.8 Å². The van der Waals surface area contributed by atoms with Gasteiger partial charge in [0.1, 0.15) is 0 Å². The fourth-order valence-corrected chi connectivity index (χ4v) is 10.3. The van der Waals surface area contributed by atoms with Gasteiger partial charge in [-0.15, -0.1) is 0 Å². The maximum atomic E-state index is 13.7. The zero-order chi connectivity index (χ0) is 34.7. The van der Waals surface area contributed by atoms with Crippen LogP contribution in [0.4, 0.5) is 0 Å². The first-order valence-electron chi connectivity index (χ1n) is 15.8. The van der Waals surface area contributed by atoms with Gasteiger partial charge in [0.15, 0.2) is 0 Å². The van der Waals surface area contributed by atoms with Crippen LogP contribution in [-0.4, -0.2) is 73.2 Å². The fraction of sp³-hybridized carbons (Fsp3) is 0.150. The number of esters is 4. The summed E-state index contributed by atoms with van der Waals surface area (Å²) in [6.07, 6.45) is -3.49.